The van der Waals surface area contributed by atoms with Gasteiger partial charge in [0.05, 0.1) is 21.1 Å². The van der Waals surface area contributed by atoms with Crippen LogP contribution in [0.5, 0.6) is 0 Å². The molecule has 0 spiro atoms. The molecule has 1 N–H and O–H groups in total. The van der Waals surface area contributed by atoms with Gasteiger partial charge in [0.25, 0.3) is 5.89 Å². The number of aromatic nitrogens is 2. The van der Waals surface area contributed by atoms with Gasteiger partial charge in [0.2, 0.25) is 5.89 Å². The smallest absolute Gasteiger partial charge is 0.306 e. The molecule has 0 amide bonds. The normalized spacial score (nSPS) is 17.6. The summed E-state index contributed by atoms with van der Waals surface area (Å²) < 4.78 is 6.66. The lowest BCUT2D eigenvalue weighted by atomic mass is 9.87. The summed E-state index contributed by atoms with van der Waals surface area (Å²) in [6.45, 7) is 3.84. The first kappa shape index (κ1) is 14.7. The summed E-state index contributed by atoms with van der Waals surface area (Å²) in [6.07, 6.45) is 0. The van der Waals surface area contributed by atoms with Crippen LogP contribution in [-0.2, 0) is 11.3 Å². The average Bonchev–Trinajstić information content (AvgIpc) is 3.01. The van der Waals surface area contributed by atoms with Gasteiger partial charge < -0.3 is 9.52 Å². The number of halogens is 1. The minimum atomic E-state index is -0.733. The number of carboxylic acid groups (broad SMARTS) is 1. The second-order valence-electron chi connectivity index (χ2n) is 5.19. The number of carbonyl (C=O) groups is 1. The van der Waals surface area contributed by atoms with E-state index in [4.69, 9.17) is 9.52 Å². The van der Waals surface area contributed by atoms with E-state index in [2.05, 4.69) is 31.0 Å². The van der Waals surface area contributed by atoms with Gasteiger partial charge in [-0.1, -0.05) is 6.92 Å². The first-order valence-corrected chi connectivity index (χ1v) is 8.17. The molecule has 1 aliphatic heterocycles. The molecule has 1 unspecified atom stereocenters. The first-order valence-electron chi connectivity index (χ1n) is 6.56. The molecule has 112 valence electrons. The van der Waals surface area contributed by atoms with Crippen LogP contribution in [0.3, 0.4) is 0 Å². The van der Waals surface area contributed by atoms with E-state index in [0.29, 0.717) is 18.3 Å². The maximum atomic E-state index is 10.9. The highest BCUT2D eigenvalue weighted by Crippen LogP contribution is 2.31. The van der Waals surface area contributed by atoms with Gasteiger partial charge in [-0.3, -0.25) is 9.69 Å². The van der Waals surface area contributed by atoms with Crippen molar-refractivity contribution >= 4 is 33.2 Å². The van der Waals surface area contributed by atoms with Gasteiger partial charge in [0.1, 0.15) is 0 Å². The molecule has 1 atom stereocenters. The number of nitrogens with zero attached hydrogens (tertiary/aromatic N) is 3. The van der Waals surface area contributed by atoms with Crippen LogP contribution in [0.4, 0.5) is 0 Å². The van der Waals surface area contributed by atoms with Crippen molar-refractivity contribution in [1.29, 1.82) is 0 Å². The molecule has 3 heterocycles. The van der Waals surface area contributed by atoms with Crippen LogP contribution in [0.2, 0.25) is 0 Å². The average molecular weight is 372 g/mol. The van der Waals surface area contributed by atoms with Gasteiger partial charge in [0.15, 0.2) is 0 Å². The van der Waals surface area contributed by atoms with Gasteiger partial charge in [-0.2, -0.15) is 0 Å². The Kier molecular flexibility index (Phi) is 4.10. The summed E-state index contributed by atoms with van der Waals surface area (Å²) in [5.74, 6) is 0.261. The van der Waals surface area contributed by atoms with Crippen LogP contribution in [0.25, 0.3) is 10.8 Å². The van der Waals surface area contributed by atoms with Crippen LogP contribution < -0.4 is 0 Å². The Morgan fingerprint density at radius 3 is 2.95 bits per heavy atom. The Labute approximate surface area is 133 Å². The van der Waals surface area contributed by atoms with E-state index in [1.54, 1.807) is 18.3 Å². The van der Waals surface area contributed by atoms with Crippen molar-refractivity contribution in [1.82, 2.24) is 15.1 Å². The summed E-state index contributed by atoms with van der Waals surface area (Å²) in [6, 6.07) is 3.87. The molecule has 1 saturated heterocycles. The van der Waals surface area contributed by atoms with Crippen LogP contribution in [0.1, 0.15) is 12.8 Å². The molecule has 3 rings (SSSR count). The largest absolute Gasteiger partial charge is 0.481 e. The van der Waals surface area contributed by atoms with Gasteiger partial charge in [-0.25, -0.2) is 0 Å². The van der Waals surface area contributed by atoms with Crippen molar-refractivity contribution < 1.29 is 14.3 Å². The molecule has 21 heavy (non-hydrogen) atoms. The fourth-order valence-electron chi connectivity index (χ4n) is 2.29. The van der Waals surface area contributed by atoms with Crippen molar-refractivity contribution in [3.8, 4) is 10.8 Å². The highest BCUT2D eigenvalue weighted by molar-refractivity contribution is 9.11. The lowest BCUT2D eigenvalue weighted by molar-refractivity contribution is -0.145. The number of aliphatic carboxylic acids is 1. The molecule has 0 aromatic carbocycles. The molecule has 0 bridgehead atoms. The van der Waals surface area contributed by atoms with Crippen LogP contribution in [0.15, 0.2) is 20.3 Å². The number of rotatable bonds is 5. The maximum absolute atomic E-state index is 10.9. The zero-order chi connectivity index (χ0) is 15.0. The molecule has 1 aliphatic rings. The molecule has 1 fully saturated rings. The predicted molar refractivity (Wildman–Crippen MR) is 80.9 cm³/mol. The Bertz CT molecular complexity index is 651. The van der Waals surface area contributed by atoms with Gasteiger partial charge in [0, 0.05) is 13.1 Å². The zero-order valence-electron chi connectivity index (χ0n) is 11.3. The Morgan fingerprint density at radius 2 is 2.33 bits per heavy atom. The number of thiophene rings is 1. The Hall–Kier alpha value is -1.25. The number of hydrogen-bond donors (Lipinski definition) is 1. The third-order valence-electron chi connectivity index (χ3n) is 3.69. The molecular weight excluding hydrogens is 358 g/mol. The Balaban J connectivity index is 1.56. The molecule has 8 heteroatoms. The van der Waals surface area contributed by atoms with Crippen LogP contribution >= 0.6 is 27.3 Å². The second-order valence-corrected chi connectivity index (χ2v) is 7.65. The molecule has 0 saturated carbocycles. The highest BCUT2D eigenvalue weighted by atomic mass is 79.9. The molecule has 6 nitrogen and oxygen atoms in total. The van der Waals surface area contributed by atoms with E-state index in [0.717, 1.165) is 21.8 Å². The lowest BCUT2D eigenvalue weighted by Crippen LogP contribution is -2.50. The van der Waals surface area contributed by atoms with E-state index in [1.165, 1.54) is 0 Å². The summed E-state index contributed by atoms with van der Waals surface area (Å²) in [7, 11) is 0. The minimum Gasteiger partial charge on any atom is -0.481 e. The third kappa shape index (κ3) is 3.17. The van der Waals surface area contributed by atoms with Crippen molar-refractivity contribution in [3.05, 3.63) is 21.8 Å². The van der Waals surface area contributed by atoms with E-state index in [1.807, 2.05) is 12.1 Å². The number of hydrogen-bond acceptors (Lipinski definition) is 6. The van der Waals surface area contributed by atoms with Gasteiger partial charge in [-0.05, 0) is 34.0 Å². The first-order chi connectivity index (χ1) is 10.0. The van der Waals surface area contributed by atoms with Crippen molar-refractivity contribution in [2.75, 3.05) is 13.1 Å². The van der Waals surface area contributed by atoms with E-state index in [9.17, 15) is 4.79 Å². The standard InChI is InChI=1S/C13H14BrN3O3S/c1-7(13(18)19)8-4-17(5-8)6-11-15-16-12(20-11)9-2-3-10(14)21-9/h2-3,7-8H,4-6H2,1H3,(H,18,19). The Morgan fingerprint density at radius 1 is 1.57 bits per heavy atom. The summed E-state index contributed by atoms with van der Waals surface area (Å²) in [5, 5.41) is 17.1. The SMILES string of the molecule is CC(C(=O)O)C1CN(Cc2nnc(-c3ccc(Br)s3)o2)C1. The number of likely N-dealkylation sites (tertiary alicyclic amines) is 1. The lowest BCUT2D eigenvalue weighted by Gasteiger charge is -2.40. The fourth-order valence-corrected chi connectivity index (χ4v) is 3.60. The van der Waals surface area contributed by atoms with Crippen LogP contribution in [0, 0.1) is 11.8 Å². The summed E-state index contributed by atoms with van der Waals surface area (Å²) in [5.41, 5.74) is 0. The van der Waals surface area contributed by atoms with E-state index >= 15 is 0 Å². The third-order valence-corrected chi connectivity index (χ3v) is 5.30. The van der Waals surface area contributed by atoms with E-state index in [-0.39, 0.29) is 11.8 Å². The topological polar surface area (TPSA) is 79.5 Å². The maximum Gasteiger partial charge on any atom is 0.306 e. The second kappa shape index (κ2) is 5.86. The highest BCUT2D eigenvalue weighted by Gasteiger charge is 2.35. The molecule has 0 aliphatic carbocycles. The minimum absolute atomic E-state index is 0.207. The molecule has 2 aromatic rings. The predicted octanol–water partition coefficient (Wildman–Crippen LogP) is 2.71. The monoisotopic (exact) mass is 371 g/mol. The van der Waals surface area contributed by atoms with Gasteiger partial charge >= 0.3 is 5.97 Å². The fraction of sp³-hybridized carbons (Fsp3) is 0.462. The van der Waals surface area contributed by atoms with Crippen LogP contribution in [-0.4, -0.2) is 39.3 Å². The zero-order valence-corrected chi connectivity index (χ0v) is 13.7. The van der Waals surface area contributed by atoms with E-state index < -0.39 is 5.97 Å². The molecule has 2 aromatic heterocycles. The molecule has 0 radical (unpaired) electrons. The van der Waals surface area contributed by atoms with Crippen molar-refractivity contribution in [2.45, 2.75) is 13.5 Å². The summed E-state index contributed by atoms with van der Waals surface area (Å²) >= 11 is 4.94. The quantitative estimate of drug-likeness (QED) is 0.870. The molecular formula is C13H14BrN3O3S. The van der Waals surface area contributed by atoms with Gasteiger partial charge in [-0.15, -0.1) is 21.5 Å². The van der Waals surface area contributed by atoms with Crippen molar-refractivity contribution in [2.24, 2.45) is 11.8 Å². The summed E-state index contributed by atoms with van der Waals surface area (Å²) in [4.78, 5) is 13.9. The van der Waals surface area contributed by atoms with Crippen molar-refractivity contribution in [3.63, 3.8) is 0 Å². The number of carboxylic acids is 1.